The van der Waals surface area contributed by atoms with Crippen LogP contribution in [0.4, 0.5) is 10.1 Å². The number of amides is 1. The molecule has 1 N–H and O–H groups in total. The summed E-state index contributed by atoms with van der Waals surface area (Å²) in [5.41, 5.74) is 0.889. The van der Waals surface area contributed by atoms with Crippen molar-refractivity contribution in [3.05, 3.63) is 51.0 Å². The molecule has 3 aromatic rings. The van der Waals surface area contributed by atoms with E-state index in [1.54, 1.807) is 11.3 Å². The fourth-order valence-electron chi connectivity index (χ4n) is 1.92. The Morgan fingerprint density at radius 1 is 1.44 bits per heavy atom. The molecule has 0 fully saturated rings. The third-order valence-corrected chi connectivity index (χ3v) is 4.85. The van der Waals surface area contributed by atoms with Crippen molar-refractivity contribution in [2.24, 2.45) is 0 Å². The van der Waals surface area contributed by atoms with Crippen molar-refractivity contribution in [2.45, 2.75) is 18.6 Å². The Kier molecular flexibility index (Phi) is 5.67. The molecular formula is C15H12ClFN4O2S2. The van der Waals surface area contributed by atoms with E-state index in [1.165, 1.54) is 18.2 Å². The summed E-state index contributed by atoms with van der Waals surface area (Å²) in [5.74, 6) is -0.528. The molecule has 0 saturated carbocycles. The lowest BCUT2D eigenvalue weighted by Crippen LogP contribution is -2.15. The highest BCUT2D eigenvalue weighted by atomic mass is 35.5. The Hall–Kier alpha value is -1.97. The number of hydrogen-bond donors (Lipinski definition) is 1. The van der Waals surface area contributed by atoms with Crippen LogP contribution in [0.3, 0.4) is 0 Å². The van der Waals surface area contributed by atoms with E-state index in [9.17, 15) is 9.18 Å². The number of carbonyl (C=O) groups is 1. The number of hydrogen-bond acceptors (Lipinski definition) is 7. The van der Waals surface area contributed by atoms with Crippen LogP contribution in [0.1, 0.15) is 16.6 Å². The van der Waals surface area contributed by atoms with Gasteiger partial charge < -0.3 is 9.73 Å². The predicted octanol–water partition coefficient (Wildman–Crippen LogP) is 3.95. The van der Waals surface area contributed by atoms with Gasteiger partial charge in [0.15, 0.2) is 0 Å². The lowest BCUT2D eigenvalue weighted by Gasteiger charge is -2.05. The summed E-state index contributed by atoms with van der Waals surface area (Å²) >= 11 is 8.40. The van der Waals surface area contributed by atoms with Crippen molar-refractivity contribution in [3.63, 3.8) is 0 Å². The maximum atomic E-state index is 13.6. The quantitative estimate of drug-likeness (QED) is 0.633. The second-order valence-corrected chi connectivity index (χ2v) is 7.38. The standard InChI is InChI=1S/C15H12ClFN4O2S2/c1-8-18-10(6-24-8)5-14-20-21-15(23-14)25-7-13(22)19-12-4-9(16)2-3-11(12)17/h2-4,6H,5,7H2,1H3,(H,19,22). The molecular weight excluding hydrogens is 387 g/mol. The molecule has 0 aliphatic heterocycles. The molecule has 0 unspecified atom stereocenters. The number of anilines is 1. The van der Waals surface area contributed by atoms with Crippen LogP contribution < -0.4 is 5.32 Å². The number of benzene rings is 1. The number of aromatic nitrogens is 3. The van der Waals surface area contributed by atoms with Gasteiger partial charge in [-0.25, -0.2) is 9.37 Å². The van der Waals surface area contributed by atoms with E-state index >= 15 is 0 Å². The van der Waals surface area contributed by atoms with E-state index in [-0.39, 0.29) is 16.7 Å². The molecule has 10 heteroatoms. The van der Waals surface area contributed by atoms with Gasteiger partial charge in [-0.3, -0.25) is 4.79 Å². The predicted molar refractivity (Wildman–Crippen MR) is 94.7 cm³/mol. The molecule has 0 saturated heterocycles. The molecule has 0 bridgehead atoms. The molecule has 0 aliphatic carbocycles. The Bertz CT molecular complexity index is 899. The third kappa shape index (κ3) is 5.00. The highest BCUT2D eigenvalue weighted by Crippen LogP contribution is 2.21. The van der Waals surface area contributed by atoms with Crippen molar-refractivity contribution in [2.75, 3.05) is 11.1 Å². The summed E-state index contributed by atoms with van der Waals surface area (Å²) in [6.07, 6.45) is 0.442. The SMILES string of the molecule is Cc1nc(Cc2nnc(SCC(=O)Nc3cc(Cl)ccc3F)o2)cs1. The average Bonchev–Trinajstić information content (AvgIpc) is 3.18. The maximum Gasteiger partial charge on any atom is 0.277 e. The number of halogens is 2. The monoisotopic (exact) mass is 398 g/mol. The smallest absolute Gasteiger partial charge is 0.277 e. The highest BCUT2D eigenvalue weighted by Gasteiger charge is 2.13. The van der Waals surface area contributed by atoms with Crippen LogP contribution >= 0.6 is 34.7 Å². The molecule has 0 spiro atoms. The van der Waals surface area contributed by atoms with Gasteiger partial charge in [-0.1, -0.05) is 23.4 Å². The molecule has 2 aromatic heterocycles. The van der Waals surface area contributed by atoms with Crippen molar-refractivity contribution in [1.82, 2.24) is 15.2 Å². The molecule has 130 valence electrons. The molecule has 1 amide bonds. The first kappa shape index (κ1) is 17.8. The first-order valence-corrected chi connectivity index (χ1v) is 9.35. The molecule has 0 aliphatic rings. The Morgan fingerprint density at radius 2 is 2.28 bits per heavy atom. The minimum Gasteiger partial charge on any atom is -0.416 e. The summed E-state index contributed by atoms with van der Waals surface area (Å²) < 4.78 is 19.0. The zero-order valence-corrected chi connectivity index (χ0v) is 15.3. The van der Waals surface area contributed by atoms with Crippen LogP contribution in [0.15, 0.2) is 33.2 Å². The number of nitrogens with zero attached hydrogens (tertiary/aromatic N) is 3. The second kappa shape index (κ2) is 7.94. The summed E-state index contributed by atoms with van der Waals surface area (Å²) in [4.78, 5) is 16.2. The molecule has 6 nitrogen and oxygen atoms in total. The van der Waals surface area contributed by atoms with Crippen LogP contribution in [-0.2, 0) is 11.2 Å². The first-order chi connectivity index (χ1) is 12.0. The lowest BCUT2D eigenvalue weighted by molar-refractivity contribution is -0.113. The molecule has 3 rings (SSSR count). The van der Waals surface area contributed by atoms with Gasteiger partial charge in [0.25, 0.3) is 5.22 Å². The van der Waals surface area contributed by atoms with Crippen molar-refractivity contribution >= 4 is 46.3 Å². The van der Waals surface area contributed by atoms with Gasteiger partial charge in [0, 0.05) is 10.4 Å². The van der Waals surface area contributed by atoms with Gasteiger partial charge >= 0.3 is 0 Å². The van der Waals surface area contributed by atoms with Crippen LogP contribution in [0.5, 0.6) is 0 Å². The number of carbonyl (C=O) groups excluding carboxylic acids is 1. The normalized spacial score (nSPS) is 10.8. The van der Waals surface area contributed by atoms with E-state index in [0.29, 0.717) is 17.3 Å². The van der Waals surface area contributed by atoms with Gasteiger partial charge in [0.05, 0.1) is 28.6 Å². The van der Waals surface area contributed by atoms with Crippen molar-refractivity contribution in [1.29, 1.82) is 0 Å². The summed E-state index contributed by atoms with van der Waals surface area (Å²) in [6, 6.07) is 3.95. The highest BCUT2D eigenvalue weighted by molar-refractivity contribution is 7.99. The topological polar surface area (TPSA) is 80.9 Å². The van der Waals surface area contributed by atoms with Crippen LogP contribution in [0.2, 0.25) is 5.02 Å². The minimum atomic E-state index is -0.554. The fraction of sp³-hybridized carbons (Fsp3) is 0.200. The lowest BCUT2D eigenvalue weighted by atomic mass is 10.3. The molecule has 0 atom stereocenters. The summed E-state index contributed by atoms with van der Waals surface area (Å²) in [5, 5.41) is 13.8. The number of aryl methyl sites for hydroxylation is 1. The Balaban J connectivity index is 1.53. The van der Waals surface area contributed by atoms with Crippen LogP contribution in [0.25, 0.3) is 0 Å². The van der Waals surface area contributed by atoms with Gasteiger partial charge in [0.2, 0.25) is 11.8 Å². The van der Waals surface area contributed by atoms with E-state index in [0.717, 1.165) is 22.5 Å². The number of thiazole rings is 1. The second-order valence-electron chi connectivity index (χ2n) is 4.96. The Morgan fingerprint density at radius 3 is 3.04 bits per heavy atom. The maximum absolute atomic E-state index is 13.6. The number of rotatable bonds is 6. The van der Waals surface area contributed by atoms with E-state index in [2.05, 4.69) is 20.5 Å². The van der Waals surface area contributed by atoms with Crippen LogP contribution in [0, 0.1) is 12.7 Å². The van der Waals surface area contributed by atoms with Crippen molar-refractivity contribution in [3.8, 4) is 0 Å². The van der Waals surface area contributed by atoms with E-state index in [1.807, 2.05) is 12.3 Å². The van der Waals surface area contributed by atoms with Gasteiger partial charge in [-0.15, -0.1) is 21.5 Å². The zero-order valence-electron chi connectivity index (χ0n) is 13.0. The molecule has 25 heavy (non-hydrogen) atoms. The third-order valence-electron chi connectivity index (χ3n) is 2.98. The summed E-state index contributed by atoms with van der Waals surface area (Å²) in [6.45, 7) is 1.92. The molecule has 0 radical (unpaired) electrons. The fourth-order valence-corrected chi connectivity index (χ4v) is 3.28. The number of nitrogens with one attached hydrogen (secondary N) is 1. The Labute approximate surface area is 155 Å². The van der Waals surface area contributed by atoms with Gasteiger partial charge in [0.1, 0.15) is 5.82 Å². The van der Waals surface area contributed by atoms with Crippen molar-refractivity contribution < 1.29 is 13.6 Å². The largest absolute Gasteiger partial charge is 0.416 e. The summed E-state index contributed by atoms with van der Waals surface area (Å²) in [7, 11) is 0. The molecule has 1 aromatic carbocycles. The van der Waals surface area contributed by atoms with Crippen LogP contribution in [-0.4, -0.2) is 26.8 Å². The first-order valence-electron chi connectivity index (χ1n) is 7.10. The number of thioether (sulfide) groups is 1. The zero-order chi connectivity index (χ0) is 17.8. The van der Waals surface area contributed by atoms with Gasteiger partial charge in [-0.05, 0) is 25.1 Å². The molecule has 2 heterocycles. The van der Waals surface area contributed by atoms with Gasteiger partial charge in [-0.2, -0.15) is 0 Å². The van der Waals surface area contributed by atoms with E-state index < -0.39 is 11.7 Å². The minimum absolute atomic E-state index is 0.00337. The van der Waals surface area contributed by atoms with E-state index in [4.69, 9.17) is 16.0 Å². The average molecular weight is 399 g/mol.